The molecule has 0 bridgehead atoms. The molecule has 0 aromatic heterocycles. The Kier molecular flexibility index (Phi) is 3.48. The molecule has 1 fully saturated rings. The number of nitrogens with one attached hydrogen (secondary N) is 1. The summed E-state index contributed by atoms with van der Waals surface area (Å²) in [5.74, 6) is 0.0558. The summed E-state index contributed by atoms with van der Waals surface area (Å²) in [7, 11) is 0. The van der Waals surface area contributed by atoms with Gasteiger partial charge in [-0.3, -0.25) is 4.79 Å². The van der Waals surface area contributed by atoms with Crippen molar-refractivity contribution < 1.29 is 4.79 Å². The molecule has 4 heteroatoms. The number of carbonyl (C=O) groups excluding carboxylic acids is 1. The molecule has 0 aromatic carbocycles. The number of nitriles is 1. The van der Waals surface area contributed by atoms with Crippen LogP contribution >= 0.6 is 0 Å². The predicted molar refractivity (Wildman–Crippen MR) is 53.5 cm³/mol. The van der Waals surface area contributed by atoms with E-state index in [1.54, 1.807) is 0 Å². The number of piperazine rings is 1. The van der Waals surface area contributed by atoms with E-state index in [0.29, 0.717) is 0 Å². The smallest absolute Gasteiger partial charge is 0.241 e. The second-order valence-electron chi connectivity index (χ2n) is 4.01. The zero-order valence-corrected chi connectivity index (χ0v) is 8.95. The van der Waals surface area contributed by atoms with Gasteiger partial charge in [-0.05, 0) is 20.8 Å². The summed E-state index contributed by atoms with van der Waals surface area (Å²) < 4.78 is 0. The largest absolute Gasteiger partial charge is 0.335 e. The molecule has 1 heterocycles. The first-order valence-corrected chi connectivity index (χ1v) is 5.00. The maximum atomic E-state index is 11.9. The average molecular weight is 195 g/mol. The third kappa shape index (κ3) is 2.05. The lowest BCUT2D eigenvalue weighted by atomic mass is 10.1. The van der Waals surface area contributed by atoms with E-state index in [-0.39, 0.29) is 30.5 Å². The molecular weight excluding hydrogens is 178 g/mol. The van der Waals surface area contributed by atoms with Crippen LogP contribution in [0.2, 0.25) is 0 Å². The molecule has 78 valence electrons. The Morgan fingerprint density at radius 2 is 2.36 bits per heavy atom. The second-order valence-corrected chi connectivity index (χ2v) is 4.01. The molecule has 1 aliphatic rings. The third-order valence-corrected chi connectivity index (χ3v) is 2.54. The number of nitrogens with zero attached hydrogens (tertiary/aromatic N) is 2. The summed E-state index contributed by atoms with van der Waals surface area (Å²) in [6, 6.07) is 2.15. The maximum Gasteiger partial charge on any atom is 0.241 e. The van der Waals surface area contributed by atoms with Crippen LogP contribution in [0.15, 0.2) is 0 Å². The van der Waals surface area contributed by atoms with Crippen molar-refractivity contribution >= 4 is 5.91 Å². The highest BCUT2D eigenvalue weighted by molar-refractivity contribution is 5.83. The monoisotopic (exact) mass is 195 g/mol. The number of carbonyl (C=O) groups is 1. The Balaban J connectivity index is 2.73. The summed E-state index contributed by atoms with van der Waals surface area (Å²) in [6.45, 7) is 6.80. The highest BCUT2D eigenvalue weighted by atomic mass is 16.2. The molecule has 2 unspecified atom stereocenters. The minimum Gasteiger partial charge on any atom is -0.335 e. The van der Waals surface area contributed by atoms with Crippen LogP contribution in [0.5, 0.6) is 0 Å². The topological polar surface area (TPSA) is 56.1 Å². The van der Waals surface area contributed by atoms with Crippen LogP contribution in [0.25, 0.3) is 0 Å². The maximum absolute atomic E-state index is 11.9. The SMILES string of the molecule is CC(C)N1C(=O)C(CC#N)NCC1C. The van der Waals surface area contributed by atoms with Crippen molar-refractivity contribution in [2.24, 2.45) is 0 Å². The lowest BCUT2D eigenvalue weighted by molar-refractivity contribution is -0.140. The number of amides is 1. The van der Waals surface area contributed by atoms with Crippen molar-refractivity contribution in [2.75, 3.05) is 6.54 Å². The van der Waals surface area contributed by atoms with Gasteiger partial charge in [-0.2, -0.15) is 5.26 Å². The predicted octanol–water partition coefficient (Wildman–Crippen LogP) is 0.497. The zero-order chi connectivity index (χ0) is 10.7. The van der Waals surface area contributed by atoms with E-state index < -0.39 is 0 Å². The van der Waals surface area contributed by atoms with Crippen molar-refractivity contribution in [3.63, 3.8) is 0 Å². The first-order valence-electron chi connectivity index (χ1n) is 5.00. The van der Waals surface area contributed by atoms with Gasteiger partial charge < -0.3 is 10.2 Å². The van der Waals surface area contributed by atoms with Crippen LogP contribution < -0.4 is 5.32 Å². The van der Waals surface area contributed by atoms with Crippen molar-refractivity contribution in [1.82, 2.24) is 10.2 Å². The highest BCUT2D eigenvalue weighted by Crippen LogP contribution is 2.13. The van der Waals surface area contributed by atoms with E-state index in [9.17, 15) is 4.79 Å². The Hall–Kier alpha value is -1.08. The normalized spacial score (nSPS) is 27.9. The number of hydrogen-bond donors (Lipinski definition) is 1. The van der Waals surface area contributed by atoms with Gasteiger partial charge in [-0.1, -0.05) is 0 Å². The van der Waals surface area contributed by atoms with Gasteiger partial charge in [0.1, 0.15) is 6.04 Å². The van der Waals surface area contributed by atoms with E-state index in [2.05, 4.69) is 5.32 Å². The highest BCUT2D eigenvalue weighted by Gasteiger charge is 2.33. The summed E-state index contributed by atoms with van der Waals surface area (Å²) in [6.07, 6.45) is 0.259. The molecule has 14 heavy (non-hydrogen) atoms. The summed E-state index contributed by atoms with van der Waals surface area (Å²) in [5, 5.41) is 11.7. The van der Waals surface area contributed by atoms with Crippen LogP contribution in [0, 0.1) is 11.3 Å². The fourth-order valence-electron chi connectivity index (χ4n) is 1.91. The number of hydrogen-bond acceptors (Lipinski definition) is 3. The van der Waals surface area contributed by atoms with Crippen molar-refractivity contribution in [3.8, 4) is 6.07 Å². The second kappa shape index (κ2) is 4.43. The third-order valence-electron chi connectivity index (χ3n) is 2.54. The Bertz CT molecular complexity index is 257. The fourth-order valence-corrected chi connectivity index (χ4v) is 1.91. The average Bonchev–Trinajstić information content (AvgIpc) is 2.10. The van der Waals surface area contributed by atoms with E-state index in [4.69, 9.17) is 5.26 Å². The first kappa shape index (κ1) is 11.0. The molecule has 2 atom stereocenters. The number of rotatable bonds is 2. The molecule has 4 nitrogen and oxygen atoms in total. The van der Waals surface area contributed by atoms with Crippen LogP contribution in [-0.2, 0) is 4.79 Å². The van der Waals surface area contributed by atoms with Crippen molar-refractivity contribution in [3.05, 3.63) is 0 Å². The van der Waals surface area contributed by atoms with Gasteiger partial charge in [0.25, 0.3) is 0 Å². The lowest BCUT2D eigenvalue weighted by Gasteiger charge is -2.40. The molecule has 0 aromatic rings. The van der Waals surface area contributed by atoms with E-state index in [1.165, 1.54) is 0 Å². The minimum atomic E-state index is -0.307. The standard InChI is InChI=1S/C10H17N3O/c1-7(2)13-8(3)6-12-9(4-5-11)10(13)14/h7-9,12H,4,6H2,1-3H3. The Labute approximate surface area is 84.9 Å². The molecule has 1 aliphatic heterocycles. The molecule has 0 aliphatic carbocycles. The van der Waals surface area contributed by atoms with Gasteiger partial charge in [0.15, 0.2) is 0 Å². The summed E-state index contributed by atoms with van der Waals surface area (Å²) >= 11 is 0. The van der Waals surface area contributed by atoms with Gasteiger partial charge in [0.05, 0.1) is 12.5 Å². The molecule has 1 amide bonds. The van der Waals surface area contributed by atoms with Gasteiger partial charge in [-0.15, -0.1) is 0 Å². The minimum absolute atomic E-state index is 0.0558. The van der Waals surface area contributed by atoms with Crippen LogP contribution in [0.1, 0.15) is 27.2 Å². The van der Waals surface area contributed by atoms with Gasteiger partial charge in [0, 0.05) is 18.6 Å². The zero-order valence-electron chi connectivity index (χ0n) is 8.95. The van der Waals surface area contributed by atoms with Crippen LogP contribution in [0.4, 0.5) is 0 Å². The molecule has 1 rings (SSSR count). The van der Waals surface area contributed by atoms with Gasteiger partial charge in [-0.25, -0.2) is 0 Å². The molecule has 1 saturated heterocycles. The lowest BCUT2D eigenvalue weighted by Crippen LogP contribution is -2.61. The molecule has 0 saturated carbocycles. The van der Waals surface area contributed by atoms with Crippen LogP contribution in [-0.4, -0.2) is 35.5 Å². The van der Waals surface area contributed by atoms with Gasteiger partial charge in [0.2, 0.25) is 5.91 Å². The fraction of sp³-hybridized carbons (Fsp3) is 0.800. The summed E-state index contributed by atoms with van der Waals surface area (Å²) in [5.41, 5.74) is 0. The van der Waals surface area contributed by atoms with Crippen molar-refractivity contribution in [2.45, 2.75) is 45.3 Å². The summed E-state index contributed by atoms with van der Waals surface area (Å²) in [4.78, 5) is 13.7. The first-order chi connectivity index (χ1) is 6.57. The molecule has 1 N–H and O–H groups in total. The Morgan fingerprint density at radius 3 is 2.86 bits per heavy atom. The Morgan fingerprint density at radius 1 is 1.71 bits per heavy atom. The van der Waals surface area contributed by atoms with Crippen molar-refractivity contribution in [1.29, 1.82) is 5.26 Å². The van der Waals surface area contributed by atoms with Crippen LogP contribution in [0.3, 0.4) is 0 Å². The molecule has 0 spiro atoms. The van der Waals surface area contributed by atoms with E-state index >= 15 is 0 Å². The van der Waals surface area contributed by atoms with E-state index in [0.717, 1.165) is 6.54 Å². The molecule has 0 radical (unpaired) electrons. The van der Waals surface area contributed by atoms with E-state index in [1.807, 2.05) is 31.7 Å². The quantitative estimate of drug-likeness (QED) is 0.698. The molecular formula is C10H17N3O. The van der Waals surface area contributed by atoms with Gasteiger partial charge >= 0.3 is 0 Å².